The van der Waals surface area contributed by atoms with E-state index in [-0.39, 0.29) is 5.92 Å². The van der Waals surface area contributed by atoms with Gasteiger partial charge >= 0.3 is 0 Å². The van der Waals surface area contributed by atoms with Gasteiger partial charge < -0.3 is 14.4 Å². The number of fused-ring (bicyclic) bond motifs is 1. The SMILES string of the molecule is O=C(C1CC1)N1CCCN(CC(O)c2cc3ccccc3o2)CC1. The summed E-state index contributed by atoms with van der Waals surface area (Å²) in [6, 6.07) is 9.72. The largest absolute Gasteiger partial charge is 0.458 e. The third kappa shape index (κ3) is 3.32. The zero-order valence-corrected chi connectivity index (χ0v) is 13.9. The molecule has 4 rings (SSSR count). The van der Waals surface area contributed by atoms with Crippen LogP contribution in [0.1, 0.15) is 31.1 Å². The van der Waals surface area contributed by atoms with E-state index >= 15 is 0 Å². The van der Waals surface area contributed by atoms with Crippen molar-refractivity contribution in [3.05, 3.63) is 36.1 Å². The van der Waals surface area contributed by atoms with E-state index in [1.54, 1.807) is 0 Å². The molecule has 0 bridgehead atoms. The van der Waals surface area contributed by atoms with Crippen molar-refractivity contribution in [3.63, 3.8) is 0 Å². The minimum atomic E-state index is -0.636. The maximum atomic E-state index is 12.2. The molecule has 1 aromatic carbocycles. The normalized spacial score (nSPS) is 21.0. The molecule has 1 unspecified atom stereocenters. The molecule has 1 aliphatic heterocycles. The fourth-order valence-electron chi connectivity index (χ4n) is 3.46. The molecule has 128 valence electrons. The van der Waals surface area contributed by atoms with Gasteiger partial charge in [-0.1, -0.05) is 18.2 Å². The van der Waals surface area contributed by atoms with Crippen molar-refractivity contribution in [1.82, 2.24) is 9.80 Å². The smallest absolute Gasteiger partial charge is 0.225 e. The zero-order valence-electron chi connectivity index (χ0n) is 13.9. The summed E-state index contributed by atoms with van der Waals surface area (Å²) in [5, 5.41) is 11.5. The van der Waals surface area contributed by atoms with Gasteiger partial charge in [-0.05, 0) is 31.4 Å². The van der Waals surface area contributed by atoms with Gasteiger partial charge in [0.1, 0.15) is 17.4 Å². The highest BCUT2D eigenvalue weighted by Crippen LogP contribution is 2.31. The lowest BCUT2D eigenvalue weighted by molar-refractivity contribution is -0.132. The van der Waals surface area contributed by atoms with Gasteiger partial charge in [-0.15, -0.1) is 0 Å². The van der Waals surface area contributed by atoms with E-state index in [2.05, 4.69) is 4.90 Å². The highest BCUT2D eigenvalue weighted by atomic mass is 16.4. The molecule has 2 aliphatic rings. The maximum absolute atomic E-state index is 12.2. The molecule has 1 N–H and O–H groups in total. The monoisotopic (exact) mass is 328 g/mol. The summed E-state index contributed by atoms with van der Waals surface area (Å²) in [5.74, 6) is 1.23. The van der Waals surface area contributed by atoms with E-state index in [0.717, 1.165) is 56.4 Å². The Balaban J connectivity index is 1.36. The van der Waals surface area contributed by atoms with Crippen LogP contribution in [0, 0.1) is 5.92 Å². The Morgan fingerprint density at radius 2 is 2.04 bits per heavy atom. The lowest BCUT2D eigenvalue weighted by Crippen LogP contribution is -2.37. The predicted octanol–water partition coefficient (Wildman–Crippen LogP) is 2.41. The van der Waals surface area contributed by atoms with Gasteiger partial charge in [0.25, 0.3) is 0 Å². The van der Waals surface area contributed by atoms with Crippen molar-refractivity contribution in [2.45, 2.75) is 25.4 Å². The quantitative estimate of drug-likeness (QED) is 0.936. The standard InChI is InChI=1S/C19H24N2O3/c22-16(18-12-15-4-1-2-5-17(15)24-18)13-20-8-3-9-21(11-10-20)19(23)14-6-7-14/h1-2,4-5,12,14,16,22H,3,6-11,13H2. The molecule has 2 aromatic rings. The number of rotatable bonds is 4. The first-order valence-electron chi connectivity index (χ1n) is 8.88. The number of aliphatic hydroxyl groups excluding tert-OH is 1. The Morgan fingerprint density at radius 1 is 1.21 bits per heavy atom. The van der Waals surface area contributed by atoms with Gasteiger partial charge in [0.05, 0.1) is 0 Å². The first kappa shape index (κ1) is 15.7. The van der Waals surface area contributed by atoms with Crippen molar-refractivity contribution < 1.29 is 14.3 Å². The van der Waals surface area contributed by atoms with Crippen LogP contribution < -0.4 is 0 Å². The summed E-state index contributed by atoms with van der Waals surface area (Å²) in [7, 11) is 0. The first-order valence-corrected chi connectivity index (χ1v) is 8.88. The van der Waals surface area contributed by atoms with Crippen LogP contribution in [0.2, 0.25) is 0 Å². The number of amides is 1. The molecule has 1 amide bonds. The molecule has 1 saturated carbocycles. The molecular weight excluding hydrogens is 304 g/mol. The molecule has 2 fully saturated rings. The van der Waals surface area contributed by atoms with Crippen LogP contribution in [0.5, 0.6) is 0 Å². The Bertz CT molecular complexity index is 689. The first-order chi connectivity index (χ1) is 11.7. The van der Waals surface area contributed by atoms with E-state index in [4.69, 9.17) is 4.42 Å². The Labute approximate surface area is 141 Å². The lowest BCUT2D eigenvalue weighted by Gasteiger charge is -2.23. The summed E-state index contributed by atoms with van der Waals surface area (Å²) in [4.78, 5) is 16.4. The molecule has 1 saturated heterocycles. The third-order valence-electron chi connectivity index (χ3n) is 5.03. The summed E-state index contributed by atoms with van der Waals surface area (Å²) in [6.07, 6.45) is 2.45. The van der Waals surface area contributed by atoms with E-state index in [1.165, 1.54) is 0 Å². The van der Waals surface area contributed by atoms with Gasteiger partial charge in [0.2, 0.25) is 5.91 Å². The highest BCUT2D eigenvalue weighted by molar-refractivity contribution is 5.81. The van der Waals surface area contributed by atoms with Crippen molar-refractivity contribution in [1.29, 1.82) is 0 Å². The maximum Gasteiger partial charge on any atom is 0.225 e. The van der Waals surface area contributed by atoms with E-state index in [9.17, 15) is 9.90 Å². The Morgan fingerprint density at radius 3 is 2.83 bits per heavy atom. The topological polar surface area (TPSA) is 56.9 Å². The van der Waals surface area contributed by atoms with Crippen molar-refractivity contribution >= 4 is 16.9 Å². The molecule has 1 aliphatic carbocycles. The number of carbonyl (C=O) groups is 1. The number of hydrogen-bond acceptors (Lipinski definition) is 4. The van der Waals surface area contributed by atoms with E-state index < -0.39 is 6.10 Å². The van der Waals surface area contributed by atoms with Crippen molar-refractivity contribution in [2.24, 2.45) is 5.92 Å². The van der Waals surface area contributed by atoms with Crippen molar-refractivity contribution in [3.8, 4) is 0 Å². The predicted molar refractivity (Wildman–Crippen MR) is 91.5 cm³/mol. The average molecular weight is 328 g/mol. The number of β-amino-alcohol motifs (C(OH)–C–C–N with tert-alkyl or cyclic N) is 1. The number of hydrogen-bond donors (Lipinski definition) is 1. The van der Waals surface area contributed by atoms with Gasteiger partial charge in [-0.3, -0.25) is 9.69 Å². The fourth-order valence-corrected chi connectivity index (χ4v) is 3.46. The minimum Gasteiger partial charge on any atom is -0.458 e. The van der Waals surface area contributed by atoms with Gasteiger partial charge in [-0.25, -0.2) is 0 Å². The number of nitrogens with zero attached hydrogens (tertiary/aromatic N) is 2. The van der Waals surface area contributed by atoms with Crippen LogP contribution in [0.25, 0.3) is 11.0 Å². The molecule has 0 spiro atoms. The molecule has 5 nitrogen and oxygen atoms in total. The molecule has 0 radical (unpaired) electrons. The number of para-hydroxylation sites is 1. The van der Waals surface area contributed by atoms with Gasteiger partial charge in [0, 0.05) is 44.0 Å². The number of benzene rings is 1. The summed E-state index contributed by atoms with van der Waals surface area (Å²) in [5.41, 5.74) is 0.809. The number of carbonyl (C=O) groups excluding carboxylic acids is 1. The Hall–Kier alpha value is -1.85. The molecule has 2 heterocycles. The van der Waals surface area contributed by atoms with E-state index in [0.29, 0.717) is 18.2 Å². The molecular formula is C19H24N2O3. The molecule has 1 atom stereocenters. The third-order valence-corrected chi connectivity index (χ3v) is 5.03. The second kappa shape index (κ2) is 6.57. The van der Waals surface area contributed by atoms with Crippen LogP contribution in [0.4, 0.5) is 0 Å². The summed E-state index contributed by atoms with van der Waals surface area (Å²) < 4.78 is 5.76. The highest BCUT2D eigenvalue weighted by Gasteiger charge is 2.34. The van der Waals surface area contributed by atoms with Crippen LogP contribution in [-0.4, -0.2) is 53.5 Å². The molecule has 24 heavy (non-hydrogen) atoms. The van der Waals surface area contributed by atoms with Gasteiger partial charge in [-0.2, -0.15) is 0 Å². The van der Waals surface area contributed by atoms with E-state index in [1.807, 2.05) is 35.2 Å². The second-order valence-corrected chi connectivity index (χ2v) is 6.96. The minimum absolute atomic E-state index is 0.290. The van der Waals surface area contributed by atoms with Gasteiger partial charge in [0.15, 0.2) is 0 Å². The fraction of sp³-hybridized carbons (Fsp3) is 0.526. The van der Waals surface area contributed by atoms with Crippen LogP contribution in [-0.2, 0) is 4.79 Å². The molecule has 5 heteroatoms. The zero-order chi connectivity index (χ0) is 16.5. The number of furan rings is 1. The summed E-state index contributed by atoms with van der Waals surface area (Å²) >= 11 is 0. The van der Waals surface area contributed by atoms with Crippen LogP contribution in [0.15, 0.2) is 34.7 Å². The van der Waals surface area contributed by atoms with Crippen molar-refractivity contribution in [2.75, 3.05) is 32.7 Å². The molecule has 1 aromatic heterocycles. The van der Waals surface area contributed by atoms with Crippen LogP contribution >= 0.6 is 0 Å². The second-order valence-electron chi connectivity index (χ2n) is 6.96. The number of aliphatic hydroxyl groups is 1. The summed E-state index contributed by atoms with van der Waals surface area (Å²) in [6.45, 7) is 3.88. The van der Waals surface area contributed by atoms with Crippen LogP contribution in [0.3, 0.4) is 0 Å². The Kier molecular flexibility index (Phi) is 4.29. The average Bonchev–Trinajstić information content (AvgIpc) is 3.38. The lowest BCUT2D eigenvalue weighted by atomic mass is 10.2.